The van der Waals surface area contributed by atoms with Crippen LogP contribution in [0.4, 0.5) is 5.13 Å². The van der Waals surface area contributed by atoms with Crippen LogP contribution in [0.25, 0.3) is 0 Å². The number of fused-ring (bicyclic) bond motifs is 2. The molecule has 4 rings (SSSR count). The van der Waals surface area contributed by atoms with E-state index in [2.05, 4.69) is 26.9 Å². The smallest absolute Gasteiger partial charge is 0.222 e. The van der Waals surface area contributed by atoms with Gasteiger partial charge in [-0.05, 0) is 26.3 Å². The number of piperidine rings is 1. The van der Waals surface area contributed by atoms with E-state index in [1.165, 1.54) is 22.7 Å². The van der Waals surface area contributed by atoms with E-state index >= 15 is 0 Å². The zero-order valence-corrected chi connectivity index (χ0v) is 15.3. The molecule has 1 amide bonds. The molecule has 0 aromatic carbocycles. The predicted octanol–water partition coefficient (Wildman–Crippen LogP) is 1.39. The number of hydrogen-bond acceptors (Lipinski definition) is 6. The molecule has 2 aromatic rings. The van der Waals surface area contributed by atoms with Crippen molar-refractivity contribution in [1.82, 2.24) is 24.8 Å². The second kappa shape index (κ2) is 6.42. The molecule has 7 nitrogen and oxygen atoms in total. The molecule has 1 fully saturated rings. The van der Waals surface area contributed by atoms with Crippen LogP contribution in [-0.2, 0) is 23.2 Å². The van der Waals surface area contributed by atoms with Crippen molar-refractivity contribution in [3.63, 3.8) is 0 Å². The van der Waals surface area contributed by atoms with Crippen LogP contribution in [0.3, 0.4) is 0 Å². The minimum Gasteiger partial charge on any atom is -0.375 e. The summed E-state index contributed by atoms with van der Waals surface area (Å²) in [5, 5.41) is 2.50. The van der Waals surface area contributed by atoms with Gasteiger partial charge in [0.1, 0.15) is 0 Å². The van der Waals surface area contributed by atoms with Crippen LogP contribution in [0.1, 0.15) is 36.3 Å². The van der Waals surface area contributed by atoms with Gasteiger partial charge in [0.2, 0.25) is 5.91 Å². The first-order valence-electron chi connectivity index (χ1n) is 8.80. The number of nitrogen functional groups attached to an aromatic ring is 1. The van der Waals surface area contributed by atoms with Gasteiger partial charge in [0.15, 0.2) is 5.13 Å². The van der Waals surface area contributed by atoms with Crippen LogP contribution in [0.15, 0.2) is 11.7 Å². The third-order valence-electron chi connectivity index (χ3n) is 5.69. The number of carbonyl (C=O) groups is 1. The van der Waals surface area contributed by atoms with Gasteiger partial charge < -0.3 is 15.6 Å². The number of carbonyl (C=O) groups excluding carboxylic acids is 1. The van der Waals surface area contributed by atoms with Gasteiger partial charge in [-0.15, -0.1) is 11.3 Å². The number of nitrogens with one attached hydrogen (secondary N) is 1. The van der Waals surface area contributed by atoms with Crippen molar-refractivity contribution in [2.45, 2.75) is 37.6 Å². The number of amides is 1. The molecule has 0 unspecified atom stereocenters. The van der Waals surface area contributed by atoms with E-state index in [9.17, 15) is 4.79 Å². The van der Waals surface area contributed by atoms with Crippen molar-refractivity contribution >= 4 is 22.4 Å². The number of H-pyrrole nitrogens is 1. The Balaban J connectivity index is 1.39. The molecular formula is C17H24N6OS. The van der Waals surface area contributed by atoms with Crippen LogP contribution in [0, 0.1) is 0 Å². The predicted molar refractivity (Wildman–Crippen MR) is 97.3 cm³/mol. The lowest BCUT2D eigenvalue weighted by Gasteiger charge is -2.49. The van der Waals surface area contributed by atoms with Gasteiger partial charge in [-0.2, -0.15) is 0 Å². The van der Waals surface area contributed by atoms with Crippen LogP contribution in [-0.4, -0.2) is 57.3 Å². The molecule has 2 aliphatic heterocycles. The van der Waals surface area contributed by atoms with Crippen LogP contribution < -0.4 is 5.73 Å². The minimum atomic E-state index is -0.0201. The third kappa shape index (κ3) is 2.93. The summed E-state index contributed by atoms with van der Waals surface area (Å²) in [4.78, 5) is 29.1. The normalized spacial score (nSPS) is 20.0. The summed E-state index contributed by atoms with van der Waals surface area (Å²) in [6.45, 7) is 2.61. The monoisotopic (exact) mass is 360 g/mol. The first-order valence-corrected chi connectivity index (χ1v) is 9.68. The van der Waals surface area contributed by atoms with E-state index in [-0.39, 0.29) is 11.4 Å². The van der Waals surface area contributed by atoms with Gasteiger partial charge in [-0.1, -0.05) is 0 Å². The Bertz CT molecular complexity index is 761. The van der Waals surface area contributed by atoms with E-state index < -0.39 is 0 Å². The Hall–Kier alpha value is -1.93. The first-order chi connectivity index (χ1) is 12.1. The van der Waals surface area contributed by atoms with Crippen molar-refractivity contribution in [3.8, 4) is 0 Å². The van der Waals surface area contributed by atoms with E-state index in [4.69, 9.17) is 5.73 Å². The Morgan fingerprint density at radius 2 is 2.20 bits per heavy atom. The molecule has 1 spiro atoms. The molecule has 25 heavy (non-hydrogen) atoms. The fourth-order valence-corrected chi connectivity index (χ4v) is 4.76. The summed E-state index contributed by atoms with van der Waals surface area (Å²) in [6, 6.07) is 0. The lowest BCUT2D eigenvalue weighted by atomic mass is 9.79. The van der Waals surface area contributed by atoms with Crippen molar-refractivity contribution in [2.24, 2.45) is 0 Å². The molecule has 0 bridgehead atoms. The number of rotatable bonds is 3. The lowest BCUT2D eigenvalue weighted by molar-refractivity contribution is -0.134. The number of thiazole rings is 1. The Morgan fingerprint density at radius 1 is 1.40 bits per heavy atom. The maximum absolute atomic E-state index is 12.6. The molecule has 0 saturated carbocycles. The van der Waals surface area contributed by atoms with Gasteiger partial charge in [0.25, 0.3) is 0 Å². The zero-order valence-electron chi connectivity index (χ0n) is 14.5. The van der Waals surface area contributed by atoms with Crippen molar-refractivity contribution < 1.29 is 4.79 Å². The fraction of sp³-hybridized carbons (Fsp3) is 0.588. The quantitative estimate of drug-likeness (QED) is 0.863. The third-order valence-corrected chi connectivity index (χ3v) is 6.42. The van der Waals surface area contributed by atoms with Crippen LogP contribution in [0.2, 0.25) is 0 Å². The molecule has 8 heteroatoms. The number of hydrogen-bond donors (Lipinski definition) is 2. The second-order valence-corrected chi connectivity index (χ2v) is 7.88. The molecule has 2 aliphatic rings. The second-order valence-electron chi connectivity index (χ2n) is 6.99. The average Bonchev–Trinajstić information content (AvgIpc) is 3.26. The van der Waals surface area contributed by atoms with Gasteiger partial charge >= 0.3 is 0 Å². The number of imidazole rings is 1. The zero-order chi connectivity index (χ0) is 17.4. The minimum absolute atomic E-state index is 0.0201. The van der Waals surface area contributed by atoms with E-state index in [0.29, 0.717) is 18.0 Å². The molecule has 0 radical (unpaired) electrons. The van der Waals surface area contributed by atoms with Crippen LogP contribution in [0.5, 0.6) is 0 Å². The summed E-state index contributed by atoms with van der Waals surface area (Å²) in [5.74, 6) is 0.210. The molecule has 4 heterocycles. The summed E-state index contributed by atoms with van der Waals surface area (Å²) in [7, 11) is 2.18. The molecular weight excluding hydrogens is 336 g/mol. The number of nitrogens with zero attached hydrogens (tertiary/aromatic N) is 4. The Kier molecular flexibility index (Phi) is 4.24. The first kappa shape index (κ1) is 16.5. The standard InChI is InChI=1S/C17H24N6OS/c1-22-7-4-13-15(20-11-19-13)17(22)5-8-23(9-6-17)14(24)3-2-12-10-25-16(18)21-12/h10-11H,2-9H2,1H3,(H2,18,21)(H,19,20). The summed E-state index contributed by atoms with van der Waals surface area (Å²) >= 11 is 1.43. The Labute approximate surface area is 151 Å². The molecule has 3 N–H and O–H groups in total. The molecule has 134 valence electrons. The largest absolute Gasteiger partial charge is 0.375 e. The van der Waals surface area contributed by atoms with Crippen molar-refractivity contribution in [2.75, 3.05) is 32.4 Å². The molecule has 2 aromatic heterocycles. The SMILES string of the molecule is CN1CCc2[nH]cnc2C12CCN(C(=O)CCc1csc(N)n1)CC2. The molecule has 1 saturated heterocycles. The maximum atomic E-state index is 12.6. The summed E-state index contributed by atoms with van der Waals surface area (Å²) in [5.41, 5.74) is 8.99. The lowest BCUT2D eigenvalue weighted by Crippen LogP contribution is -2.55. The molecule has 0 atom stereocenters. The summed E-state index contributed by atoms with van der Waals surface area (Å²) in [6.07, 6.45) is 5.88. The number of aromatic nitrogens is 3. The van der Waals surface area contributed by atoms with E-state index in [1.807, 2.05) is 16.6 Å². The maximum Gasteiger partial charge on any atom is 0.222 e. The number of nitrogens with two attached hydrogens (primary N) is 1. The van der Waals surface area contributed by atoms with Gasteiger partial charge in [-0.3, -0.25) is 9.69 Å². The number of aryl methyl sites for hydroxylation is 1. The highest BCUT2D eigenvalue weighted by Crippen LogP contribution is 2.41. The highest BCUT2D eigenvalue weighted by atomic mass is 32.1. The van der Waals surface area contributed by atoms with Gasteiger partial charge in [0, 0.05) is 43.5 Å². The number of likely N-dealkylation sites (N-methyl/N-ethyl adjacent to an activating group) is 1. The van der Waals surface area contributed by atoms with Crippen molar-refractivity contribution in [1.29, 1.82) is 0 Å². The molecule has 0 aliphatic carbocycles. The number of anilines is 1. The highest BCUT2D eigenvalue weighted by molar-refractivity contribution is 7.13. The number of aromatic amines is 1. The summed E-state index contributed by atoms with van der Waals surface area (Å²) < 4.78 is 0. The van der Waals surface area contributed by atoms with Crippen LogP contribution >= 0.6 is 11.3 Å². The fourth-order valence-electron chi connectivity index (χ4n) is 4.16. The number of likely N-dealkylation sites (tertiary alicyclic amines) is 1. The Morgan fingerprint density at radius 3 is 2.92 bits per heavy atom. The topological polar surface area (TPSA) is 91.1 Å². The average molecular weight is 360 g/mol. The van der Waals surface area contributed by atoms with E-state index in [1.54, 1.807) is 0 Å². The van der Waals surface area contributed by atoms with Crippen molar-refractivity contribution in [3.05, 3.63) is 28.8 Å². The van der Waals surface area contributed by atoms with E-state index in [0.717, 1.165) is 44.6 Å². The van der Waals surface area contributed by atoms with Gasteiger partial charge in [-0.25, -0.2) is 9.97 Å². The highest BCUT2D eigenvalue weighted by Gasteiger charge is 2.45. The van der Waals surface area contributed by atoms with Gasteiger partial charge in [0.05, 0.1) is 23.3 Å².